The Hall–Kier alpha value is -0.170. The minimum Gasteiger partial charge on any atom is -0.396 e. The molecule has 5 nitrogen and oxygen atoms in total. The van der Waals surface area contributed by atoms with Crippen LogP contribution in [0.3, 0.4) is 0 Å². The van der Waals surface area contributed by atoms with E-state index in [-0.39, 0.29) is 46.7 Å². The largest absolute Gasteiger partial charge is 0.396 e. The minimum atomic E-state index is -3.02. The quantitative estimate of drug-likeness (QED) is 0.640. The zero-order chi connectivity index (χ0) is 21.2. The highest BCUT2D eigenvalue weighted by molar-refractivity contribution is 7.91. The van der Waals surface area contributed by atoms with E-state index in [1.807, 2.05) is 0 Å². The zero-order valence-corrected chi connectivity index (χ0v) is 19.1. The summed E-state index contributed by atoms with van der Waals surface area (Å²) in [4.78, 5) is 0. The lowest BCUT2D eigenvalue weighted by molar-refractivity contribution is -0.193. The topological polar surface area (TPSA) is 94.8 Å². The van der Waals surface area contributed by atoms with Gasteiger partial charge in [0.25, 0.3) is 0 Å². The molecule has 4 rings (SSSR count). The van der Waals surface area contributed by atoms with Crippen molar-refractivity contribution in [2.45, 2.75) is 77.9 Å². The molecule has 6 heteroatoms. The standard InChI is InChI=1S/C23H40O5S/c1-14(5-4-9-24)16-6-7-17-21-18(12-20(26)23(16,17)3)22(2)8-10-29(27,28)13-15(22)11-19(21)25/h14-21,24-26H,4-13H2,1-3H3/t14-,15-,16-,17+,18+,19-,20+,21+,22+,23-/m1/s1. The normalized spacial score (nSPS) is 52.3. The highest BCUT2D eigenvalue weighted by Gasteiger charge is 2.66. The van der Waals surface area contributed by atoms with Crippen molar-refractivity contribution in [2.24, 2.45) is 46.3 Å². The Kier molecular flexibility index (Phi) is 5.67. The predicted molar refractivity (Wildman–Crippen MR) is 113 cm³/mol. The van der Waals surface area contributed by atoms with E-state index < -0.39 is 22.0 Å². The number of sulfone groups is 1. The fourth-order valence-corrected chi connectivity index (χ4v) is 10.5. The summed E-state index contributed by atoms with van der Waals surface area (Å²) in [6.45, 7) is 6.96. The molecule has 0 spiro atoms. The van der Waals surface area contributed by atoms with Gasteiger partial charge >= 0.3 is 0 Å². The number of fused-ring (bicyclic) bond motifs is 5. The maximum atomic E-state index is 12.3. The molecule has 4 aliphatic rings. The molecule has 3 N–H and O–H groups in total. The second-order valence-electron chi connectivity index (χ2n) is 11.3. The number of hydrogen-bond donors (Lipinski definition) is 3. The smallest absolute Gasteiger partial charge is 0.150 e. The van der Waals surface area contributed by atoms with Crippen molar-refractivity contribution in [1.29, 1.82) is 0 Å². The molecule has 29 heavy (non-hydrogen) atoms. The van der Waals surface area contributed by atoms with Gasteiger partial charge in [0.2, 0.25) is 0 Å². The number of rotatable bonds is 4. The SMILES string of the molecule is C[C@H](CCCO)[C@H]1CC[C@H]2[C@@H]3[C@H](O)C[C@@H]4CS(=O)(=O)CC[C@]4(C)[C@H]3C[C@H](O)[C@]12C. The van der Waals surface area contributed by atoms with Crippen molar-refractivity contribution < 1.29 is 23.7 Å². The lowest BCUT2D eigenvalue weighted by Crippen LogP contribution is -2.63. The lowest BCUT2D eigenvalue weighted by Gasteiger charge is -2.63. The molecule has 0 radical (unpaired) electrons. The predicted octanol–water partition coefficient (Wildman–Crippen LogP) is 2.63. The Morgan fingerprint density at radius 3 is 2.52 bits per heavy atom. The highest BCUT2D eigenvalue weighted by Crippen LogP contribution is 2.67. The summed E-state index contributed by atoms with van der Waals surface area (Å²) in [6, 6.07) is 0. The fourth-order valence-electron chi connectivity index (χ4n) is 8.48. The molecule has 168 valence electrons. The Balaban J connectivity index is 1.64. The molecule has 0 amide bonds. The van der Waals surface area contributed by atoms with Crippen LogP contribution in [-0.4, -0.2) is 54.1 Å². The maximum absolute atomic E-state index is 12.3. The molecule has 0 aromatic heterocycles. The Morgan fingerprint density at radius 1 is 1.10 bits per heavy atom. The van der Waals surface area contributed by atoms with Crippen LogP contribution < -0.4 is 0 Å². The molecular weight excluding hydrogens is 388 g/mol. The van der Waals surface area contributed by atoms with Gasteiger partial charge in [-0.25, -0.2) is 8.42 Å². The zero-order valence-electron chi connectivity index (χ0n) is 18.3. The van der Waals surface area contributed by atoms with Gasteiger partial charge in [0.15, 0.2) is 9.84 Å². The number of hydrogen-bond acceptors (Lipinski definition) is 5. The average molecular weight is 429 g/mol. The van der Waals surface area contributed by atoms with Crippen LogP contribution in [0.5, 0.6) is 0 Å². The van der Waals surface area contributed by atoms with Crippen molar-refractivity contribution >= 4 is 9.84 Å². The third kappa shape index (κ3) is 3.32. The van der Waals surface area contributed by atoms with Gasteiger partial charge in [-0.1, -0.05) is 20.8 Å². The van der Waals surface area contributed by atoms with Crippen molar-refractivity contribution in [3.63, 3.8) is 0 Å². The Labute approximate surface area is 176 Å². The van der Waals surface area contributed by atoms with E-state index in [2.05, 4.69) is 20.8 Å². The third-order valence-electron chi connectivity index (χ3n) is 10.2. The first-order valence-electron chi connectivity index (χ1n) is 11.7. The van der Waals surface area contributed by atoms with E-state index in [1.54, 1.807) is 0 Å². The van der Waals surface area contributed by atoms with Crippen LogP contribution in [-0.2, 0) is 9.84 Å². The third-order valence-corrected chi connectivity index (χ3v) is 11.9. The summed E-state index contributed by atoms with van der Waals surface area (Å²) in [5.74, 6) is 1.98. The van der Waals surface area contributed by atoms with Gasteiger partial charge in [0.1, 0.15) is 0 Å². The first-order chi connectivity index (χ1) is 13.5. The molecule has 0 bridgehead atoms. The summed E-state index contributed by atoms with van der Waals surface area (Å²) in [5.41, 5.74) is -0.293. The lowest BCUT2D eigenvalue weighted by atomic mass is 9.44. The molecular formula is C23H40O5S. The van der Waals surface area contributed by atoms with E-state index in [0.29, 0.717) is 37.0 Å². The van der Waals surface area contributed by atoms with Crippen LogP contribution in [0, 0.1) is 46.3 Å². The van der Waals surface area contributed by atoms with E-state index in [4.69, 9.17) is 0 Å². The van der Waals surface area contributed by atoms with E-state index in [0.717, 1.165) is 25.7 Å². The van der Waals surface area contributed by atoms with Crippen LogP contribution in [0.2, 0.25) is 0 Å². The monoisotopic (exact) mass is 428 g/mol. The second-order valence-corrected chi connectivity index (χ2v) is 13.5. The fraction of sp³-hybridized carbons (Fsp3) is 1.00. The Bertz CT molecular complexity index is 723. The molecule has 0 aromatic carbocycles. The van der Waals surface area contributed by atoms with Crippen molar-refractivity contribution in [3.8, 4) is 0 Å². The molecule has 0 unspecified atom stereocenters. The minimum absolute atomic E-state index is 0.00901. The molecule has 1 saturated heterocycles. The number of aliphatic hydroxyl groups excluding tert-OH is 3. The van der Waals surface area contributed by atoms with Crippen molar-refractivity contribution in [1.82, 2.24) is 0 Å². The van der Waals surface area contributed by atoms with Gasteiger partial charge in [-0.3, -0.25) is 0 Å². The maximum Gasteiger partial charge on any atom is 0.150 e. The van der Waals surface area contributed by atoms with Gasteiger partial charge < -0.3 is 15.3 Å². The number of aliphatic hydroxyl groups is 3. The first-order valence-corrected chi connectivity index (χ1v) is 13.5. The van der Waals surface area contributed by atoms with Crippen molar-refractivity contribution in [2.75, 3.05) is 18.1 Å². The summed E-state index contributed by atoms with van der Waals surface area (Å²) in [7, 11) is -3.02. The van der Waals surface area contributed by atoms with Crippen LogP contribution >= 0.6 is 0 Å². The molecule has 3 saturated carbocycles. The van der Waals surface area contributed by atoms with Gasteiger partial charge in [-0.15, -0.1) is 0 Å². The molecule has 3 aliphatic carbocycles. The van der Waals surface area contributed by atoms with Crippen molar-refractivity contribution in [3.05, 3.63) is 0 Å². The average Bonchev–Trinajstić information content (AvgIpc) is 3.00. The van der Waals surface area contributed by atoms with Gasteiger partial charge in [0, 0.05) is 6.61 Å². The first kappa shape index (κ1) is 22.0. The van der Waals surface area contributed by atoms with Crippen LogP contribution in [0.25, 0.3) is 0 Å². The summed E-state index contributed by atoms with van der Waals surface area (Å²) >= 11 is 0. The molecule has 1 aliphatic heterocycles. The summed E-state index contributed by atoms with van der Waals surface area (Å²) < 4.78 is 24.5. The molecule has 10 atom stereocenters. The van der Waals surface area contributed by atoms with Gasteiger partial charge in [-0.05, 0) is 91.3 Å². The second kappa shape index (κ2) is 7.46. The van der Waals surface area contributed by atoms with Gasteiger partial charge in [0.05, 0.1) is 23.7 Å². The van der Waals surface area contributed by atoms with Gasteiger partial charge in [-0.2, -0.15) is 0 Å². The summed E-state index contributed by atoms with van der Waals surface area (Å²) in [5, 5.41) is 31.9. The van der Waals surface area contributed by atoms with Crippen LogP contribution in [0.15, 0.2) is 0 Å². The van der Waals surface area contributed by atoms with E-state index in [1.165, 1.54) is 0 Å². The molecule has 4 fully saturated rings. The van der Waals surface area contributed by atoms with Crippen LogP contribution in [0.1, 0.15) is 65.7 Å². The summed E-state index contributed by atoms with van der Waals surface area (Å²) in [6.07, 6.45) is 4.97. The molecule has 0 aromatic rings. The van der Waals surface area contributed by atoms with E-state index in [9.17, 15) is 23.7 Å². The highest BCUT2D eigenvalue weighted by atomic mass is 32.2. The van der Waals surface area contributed by atoms with E-state index >= 15 is 0 Å². The van der Waals surface area contributed by atoms with Crippen LogP contribution in [0.4, 0.5) is 0 Å². The molecule has 1 heterocycles. The Morgan fingerprint density at radius 2 is 1.83 bits per heavy atom.